The quantitative estimate of drug-likeness (QED) is 0.802. The first-order chi connectivity index (χ1) is 10.0. The number of nitrogens with zero attached hydrogens (tertiary/aromatic N) is 2. The second kappa shape index (κ2) is 6.21. The van der Waals surface area contributed by atoms with Gasteiger partial charge in [0.05, 0.1) is 11.0 Å². The van der Waals surface area contributed by atoms with Crippen molar-refractivity contribution in [1.82, 2.24) is 9.80 Å². The maximum absolute atomic E-state index is 12.5. The zero-order chi connectivity index (χ0) is 15.0. The Hall–Kier alpha value is -0.680. The molecular formula is C16H27N3OS. The maximum atomic E-state index is 12.5. The fourth-order valence-electron chi connectivity index (χ4n) is 4.52. The molecule has 3 aliphatic rings. The van der Waals surface area contributed by atoms with E-state index in [0.717, 1.165) is 44.4 Å². The van der Waals surface area contributed by atoms with Gasteiger partial charge in [-0.15, -0.1) is 0 Å². The van der Waals surface area contributed by atoms with E-state index in [1.165, 1.54) is 25.7 Å². The van der Waals surface area contributed by atoms with Gasteiger partial charge in [-0.2, -0.15) is 0 Å². The lowest BCUT2D eigenvalue weighted by molar-refractivity contribution is -0.134. The summed E-state index contributed by atoms with van der Waals surface area (Å²) < 4.78 is 0. The molecule has 1 aliphatic heterocycles. The number of rotatable bonds is 4. The van der Waals surface area contributed by atoms with Crippen molar-refractivity contribution in [1.29, 1.82) is 0 Å². The van der Waals surface area contributed by atoms with E-state index in [0.29, 0.717) is 16.8 Å². The summed E-state index contributed by atoms with van der Waals surface area (Å²) in [6, 6.07) is 0.141. The molecule has 2 saturated carbocycles. The first-order valence-corrected chi connectivity index (χ1v) is 8.76. The van der Waals surface area contributed by atoms with E-state index >= 15 is 0 Å². The zero-order valence-corrected chi connectivity index (χ0v) is 13.8. The predicted octanol–water partition coefficient (Wildman–Crippen LogP) is 1.63. The van der Waals surface area contributed by atoms with Gasteiger partial charge in [0.25, 0.3) is 0 Å². The van der Waals surface area contributed by atoms with Crippen LogP contribution in [0.3, 0.4) is 0 Å². The van der Waals surface area contributed by atoms with Gasteiger partial charge in [-0.25, -0.2) is 0 Å². The van der Waals surface area contributed by atoms with Crippen molar-refractivity contribution in [3.8, 4) is 0 Å². The van der Waals surface area contributed by atoms with Gasteiger partial charge in [0.1, 0.15) is 0 Å². The number of nitrogens with two attached hydrogens (primary N) is 1. The highest BCUT2D eigenvalue weighted by Crippen LogP contribution is 2.49. The molecule has 0 radical (unpaired) electrons. The molecule has 1 heterocycles. The smallest absolute Gasteiger partial charge is 0.222 e. The van der Waals surface area contributed by atoms with E-state index < -0.39 is 0 Å². The van der Waals surface area contributed by atoms with Crippen LogP contribution in [0.5, 0.6) is 0 Å². The summed E-state index contributed by atoms with van der Waals surface area (Å²) >= 11 is 5.06. The van der Waals surface area contributed by atoms with Crippen LogP contribution in [0.4, 0.5) is 0 Å². The van der Waals surface area contributed by atoms with Gasteiger partial charge in [0, 0.05) is 32.6 Å². The molecule has 2 aliphatic carbocycles. The second-order valence-electron chi connectivity index (χ2n) is 7.13. The third-order valence-corrected chi connectivity index (χ3v) is 6.29. The lowest BCUT2D eigenvalue weighted by Crippen LogP contribution is -2.54. The number of carbonyl (C=O) groups is 1. The lowest BCUT2D eigenvalue weighted by Gasteiger charge is -2.38. The van der Waals surface area contributed by atoms with Crippen LogP contribution in [0.15, 0.2) is 0 Å². The summed E-state index contributed by atoms with van der Waals surface area (Å²) in [4.78, 5) is 17.4. The number of carbonyl (C=O) groups excluding carboxylic acids is 1. The van der Waals surface area contributed by atoms with E-state index in [1.807, 2.05) is 0 Å². The van der Waals surface area contributed by atoms with Gasteiger partial charge in [-0.1, -0.05) is 18.6 Å². The van der Waals surface area contributed by atoms with E-state index in [2.05, 4.69) is 16.7 Å². The second-order valence-corrected chi connectivity index (χ2v) is 7.61. The van der Waals surface area contributed by atoms with Gasteiger partial charge in [0.15, 0.2) is 0 Å². The molecule has 3 rings (SSSR count). The highest BCUT2D eigenvalue weighted by Gasteiger charge is 2.40. The topological polar surface area (TPSA) is 49.6 Å². The first-order valence-electron chi connectivity index (χ1n) is 8.35. The molecule has 21 heavy (non-hydrogen) atoms. The van der Waals surface area contributed by atoms with Gasteiger partial charge in [0.2, 0.25) is 5.91 Å². The maximum Gasteiger partial charge on any atom is 0.222 e. The summed E-state index contributed by atoms with van der Waals surface area (Å²) in [7, 11) is 0. The Morgan fingerprint density at radius 1 is 1.24 bits per heavy atom. The number of piperazine rings is 1. The zero-order valence-electron chi connectivity index (χ0n) is 13.0. The molecular weight excluding hydrogens is 282 g/mol. The molecule has 2 bridgehead atoms. The van der Waals surface area contributed by atoms with Crippen molar-refractivity contribution in [2.45, 2.75) is 45.1 Å². The molecule has 0 spiro atoms. The molecule has 118 valence electrons. The van der Waals surface area contributed by atoms with Crippen LogP contribution in [0.1, 0.15) is 39.0 Å². The molecule has 0 aromatic rings. The van der Waals surface area contributed by atoms with Crippen LogP contribution >= 0.6 is 12.2 Å². The molecule has 1 amide bonds. The number of amides is 1. The van der Waals surface area contributed by atoms with Crippen molar-refractivity contribution in [2.75, 3.05) is 26.2 Å². The minimum Gasteiger partial charge on any atom is -0.392 e. The Balaban J connectivity index is 1.46. The minimum atomic E-state index is 0.141. The monoisotopic (exact) mass is 309 g/mol. The van der Waals surface area contributed by atoms with Gasteiger partial charge >= 0.3 is 0 Å². The third-order valence-electron chi connectivity index (χ3n) is 5.95. The predicted molar refractivity (Wildman–Crippen MR) is 88.0 cm³/mol. The molecule has 4 nitrogen and oxygen atoms in total. The van der Waals surface area contributed by atoms with Crippen molar-refractivity contribution < 1.29 is 4.79 Å². The molecule has 5 heteroatoms. The molecule has 4 atom stereocenters. The average molecular weight is 309 g/mol. The Morgan fingerprint density at radius 2 is 1.95 bits per heavy atom. The van der Waals surface area contributed by atoms with Crippen molar-refractivity contribution in [2.24, 2.45) is 23.5 Å². The number of hydrogen-bond acceptors (Lipinski definition) is 3. The Bertz CT molecular complexity index is 420. The standard InChI is InChI=1S/C16H27N3OS/c1-11(16(17)21)18-4-6-19(7-5-18)15(20)10-14-9-12-2-3-13(14)8-12/h11-14H,2-10H2,1H3,(H2,17,21). The van der Waals surface area contributed by atoms with E-state index in [9.17, 15) is 4.79 Å². The Morgan fingerprint density at radius 3 is 2.48 bits per heavy atom. The van der Waals surface area contributed by atoms with Crippen molar-refractivity contribution in [3.63, 3.8) is 0 Å². The van der Waals surface area contributed by atoms with E-state index in [4.69, 9.17) is 18.0 Å². The van der Waals surface area contributed by atoms with E-state index in [1.54, 1.807) is 0 Å². The molecule has 2 N–H and O–H groups in total. The van der Waals surface area contributed by atoms with Crippen LogP contribution in [0.2, 0.25) is 0 Å². The SMILES string of the molecule is CC(C(N)=S)N1CCN(C(=O)CC2CC3CCC2C3)CC1. The fourth-order valence-corrected chi connectivity index (χ4v) is 4.67. The normalized spacial score (nSPS) is 34.1. The van der Waals surface area contributed by atoms with Gasteiger partial charge in [-0.05, 0) is 43.9 Å². The molecule has 1 saturated heterocycles. The van der Waals surface area contributed by atoms with Crippen LogP contribution in [-0.2, 0) is 4.79 Å². The van der Waals surface area contributed by atoms with Crippen LogP contribution in [0.25, 0.3) is 0 Å². The number of hydrogen-bond donors (Lipinski definition) is 1. The van der Waals surface area contributed by atoms with Gasteiger partial charge < -0.3 is 10.6 Å². The molecule has 0 aromatic heterocycles. The Labute approximate surface area is 133 Å². The van der Waals surface area contributed by atoms with E-state index in [-0.39, 0.29) is 6.04 Å². The van der Waals surface area contributed by atoms with Crippen molar-refractivity contribution >= 4 is 23.1 Å². The van der Waals surface area contributed by atoms with Crippen molar-refractivity contribution in [3.05, 3.63) is 0 Å². The minimum absolute atomic E-state index is 0.141. The molecule has 4 unspecified atom stereocenters. The van der Waals surface area contributed by atoms with Crippen LogP contribution < -0.4 is 5.73 Å². The summed E-state index contributed by atoms with van der Waals surface area (Å²) in [5, 5.41) is 0. The van der Waals surface area contributed by atoms with Crippen LogP contribution in [-0.4, -0.2) is 52.9 Å². The third kappa shape index (κ3) is 3.24. The summed E-state index contributed by atoms with van der Waals surface area (Å²) in [5.41, 5.74) is 5.71. The average Bonchev–Trinajstić information content (AvgIpc) is 3.09. The summed E-state index contributed by atoms with van der Waals surface area (Å²) in [6.45, 7) is 5.48. The number of thiocarbonyl (C=S) groups is 1. The highest BCUT2D eigenvalue weighted by atomic mass is 32.1. The Kier molecular flexibility index (Phi) is 4.50. The lowest BCUT2D eigenvalue weighted by atomic mass is 9.86. The largest absolute Gasteiger partial charge is 0.392 e. The van der Waals surface area contributed by atoms with Gasteiger partial charge in [-0.3, -0.25) is 9.69 Å². The fraction of sp³-hybridized carbons (Fsp3) is 0.875. The summed E-state index contributed by atoms with van der Waals surface area (Å²) in [5.74, 6) is 2.81. The van der Waals surface area contributed by atoms with Crippen LogP contribution in [0, 0.1) is 17.8 Å². The number of fused-ring (bicyclic) bond motifs is 2. The molecule has 0 aromatic carbocycles. The highest BCUT2D eigenvalue weighted by molar-refractivity contribution is 7.80. The molecule has 3 fully saturated rings. The summed E-state index contributed by atoms with van der Waals surface area (Å²) in [6.07, 6.45) is 6.24. The first kappa shape index (κ1) is 15.2.